The maximum atomic E-state index is 4.81. The molecule has 4 rings (SSSR count). The average molecular weight is 343 g/mol. The van der Waals surface area contributed by atoms with Gasteiger partial charge in [-0.25, -0.2) is 9.67 Å². The first kappa shape index (κ1) is 15.5. The Labute approximate surface area is 150 Å². The van der Waals surface area contributed by atoms with Gasteiger partial charge in [-0.15, -0.1) is 11.3 Å². The van der Waals surface area contributed by atoms with E-state index in [9.17, 15) is 0 Å². The fourth-order valence-corrected chi connectivity index (χ4v) is 3.40. The molecular weight excluding hydrogens is 326 g/mol. The van der Waals surface area contributed by atoms with Gasteiger partial charge in [0.1, 0.15) is 0 Å². The summed E-state index contributed by atoms with van der Waals surface area (Å²) < 4.78 is 1.92. The molecule has 0 unspecified atom stereocenters. The second kappa shape index (κ2) is 6.87. The van der Waals surface area contributed by atoms with E-state index in [1.807, 2.05) is 72.4 Å². The SMILES string of the molecule is Cc1nn(-c2ccccc2)c(N=Cc2cccs2)c1-c1ccccc1. The summed E-state index contributed by atoms with van der Waals surface area (Å²) in [5.41, 5.74) is 4.16. The molecule has 0 aliphatic rings. The molecule has 0 fully saturated rings. The smallest absolute Gasteiger partial charge is 0.163 e. The molecule has 0 amide bonds. The minimum atomic E-state index is 0.850. The zero-order chi connectivity index (χ0) is 17.1. The predicted octanol–water partition coefficient (Wildman–Crippen LogP) is 5.66. The quantitative estimate of drug-likeness (QED) is 0.440. The van der Waals surface area contributed by atoms with Crippen molar-refractivity contribution in [3.05, 3.63) is 88.7 Å². The Hall–Kier alpha value is -2.98. The van der Waals surface area contributed by atoms with Crippen molar-refractivity contribution in [2.45, 2.75) is 6.92 Å². The molecule has 0 atom stereocenters. The number of benzene rings is 2. The molecule has 4 aromatic rings. The lowest BCUT2D eigenvalue weighted by atomic mass is 10.1. The van der Waals surface area contributed by atoms with E-state index in [0.29, 0.717) is 0 Å². The number of thiophene rings is 1. The first-order valence-corrected chi connectivity index (χ1v) is 8.99. The highest BCUT2D eigenvalue weighted by molar-refractivity contribution is 7.11. The fourth-order valence-electron chi connectivity index (χ4n) is 2.82. The van der Waals surface area contributed by atoms with E-state index in [2.05, 4.69) is 23.6 Å². The van der Waals surface area contributed by atoms with Crippen LogP contribution in [-0.4, -0.2) is 16.0 Å². The summed E-state index contributed by atoms with van der Waals surface area (Å²) in [6.07, 6.45) is 1.91. The van der Waals surface area contributed by atoms with Crippen LogP contribution in [0.5, 0.6) is 0 Å². The summed E-state index contributed by atoms with van der Waals surface area (Å²) in [5, 5.41) is 6.82. The van der Waals surface area contributed by atoms with Crippen molar-refractivity contribution < 1.29 is 0 Å². The third-order valence-electron chi connectivity index (χ3n) is 3.96. The third kappa shape index (κ3) is 3.16. The molecule has 2 aromatic heterocycles. The first-order chi connectivity index (χ1) is 12.3. The molecule has 25 heavy (non-hydrogen) atoms. The van der Waals surface area contributed by atoms with Crippen LogP contribution in [0.25, 0.3) is 16.8 Å². The van der Waals surface area contributed by atoms with Crippen molar-refractivity contribution in [2.75, 3.05) is 0 Å². The molecule has 0 aliphatic carbocycles. The van der Waals surface area contributed by atoms with Crippen LogP contribution in [0.1, 0.15) is 10.6 Å². The van der Waals surface area contributed by atoms with Crippen LogP contribution in [0.3, 0.4) is 0 Å². The minimum Gasteiger partial charge on any atom is -0.235 e. The summed E-state index contributed by atoms with van der Waals surface area (Å²) in [7, 11) is 0. The van der Waals surface area contributed by atoms with E-state index >= 15 is 0 Å². The van der Waals surface area contributed by atoms with E-state index in [4.69, 9.17) is 10.1 Å². The highest BCUT2D eigenvalue weighted by Gasteiger charge is 2.17. The van der Waals surface area contributed by atoms with Gasteiger partial charge in [0.05, 0.1) is 11.4 Å². The normalized spacial score (nSPS) is 11.2. The van der Waals surface area contributed by atoms with Crippen LogP contribution in [0.2, 0.25) is 0 Å². The Morgan fingerprint density at radius 3 is 2.32 bits per heavy atom. The first-order valence-electron chi connectivity index (χ1n) is 8.11. The van der Waals surface area contributed by atoms with Crippen molar-refractivity contribution in [3.63, 3.8) is 0 Å². The van der Waals surface area contributed by atoms with E-state index in [-0.39, 0.29) is 0 Å². The maximum Gasteiger partial charge on any atom is 0.163 e. The fraction of sp³-hybridized carbons (Fsp3) is 0.0476. The Balaban J connectivity index is 1.91. The standard InChI is InChI=1S/C21H17N3S/c1-16-20(17-9-4-2-5-10-17)21(22-15-19-13-8-14-25-19)24(23-16)18-11-6-3-7-12-18/h2-15H,1H3. The number of para-hydroxylation sites is 1. The number of nitrogens with zero attached hydrogens (tertiary/aromatic N) is 3. The van der Waals surface area contributed by atoms with Crippen molar-refractivity contribution in [2.24, 2.45) is 4.99 Å². The largest absolute Gasteiger partial charge is 0.235 e. The lowest BCUT2D eigenvalue weighted by molar-refractivity contribution is 0.863. The van der Waals surface area contributed by atoms with Crippen LogP contribution in [0.4, 0.5) is 5.82 Å². The zero-order valence-electron chi connectivity index (χ0n) is 13.8. The van der Waals surface area contributed by atoms with Crippen molar-refractivity contribution in [3.8, 4) is 16.8 Å². The molecule has 2 aromatic carbocycles. The topological polar surface area (TPSA) is 30.2 Å². The summed E-state index contributed by atoms with van der Waals surface area (Å²) in [6.45, 7) is 2.03. The summed E-state index contributed by atoms with van der Waals surface area (Å²) >= 11 is 1.67. The van der Waals surface area contributed by atoms with Gasteiger partial charge >= 0.3 is 0 Å². The second-order valence-electron chi connectivity index (χ2n) is 5.67. The molecule has 0 saturated carbocycles. The van der Waals surface area contributed by atoms with Gasteiger partial charge in [-0.3, -0.25) is 0 Å². The molecular formula is C21H17N3S. The van der Waals surface area contributed by atoms with Gasteiger partial charge < -0.3 is 0 Å². The molecule has 122 valence electrons. The van der Waals surface area contributed by atoms with E-state index in [1.54, 1.807) is 11.3 Å². The highest BCUT2D eigenvalue weighted by atomic mass is 32.1. The van der Waals surface area contributed by atoms with Gasteiger partial charge in [-0.1, -0.05) is 54.6 Å². The molecule has 3 nitrogen and oxygen atoms in total. The number of hydrogen-bond donors (Lipinski definition) is 0. The average Bonchev–Trinajstić information content (AvgIpc) is 3.29. The zero-order valence-corrected chi connectivity index (χ0v) is 14.6. The van der Waals surface area contributed by atoms with E-state index < -0.39 is 0 Å². The highest BCUT2D eigenvalue weighted by Crippen LogP contribution is 2.35. The summed E-state index contributed by atoms with van der Waals surface area (Å²) in [4.78, 5) is 5.93. The monoisotopic (exact) mass is 343 g/mol. The Morgan fingerprint density at radius 2 is 1.64 bits per heavy atom. The van der Waals surface area contributed by atoms with Gasteiger partial charge in [-0.05, 0) is 36.1 Å². The molecule has 0 bridgehead atoms. The lowest BCUT2D eigenvalue weighted by Crippen LogP contribution is -1.95. The molecule has 0 radical (unpaired) electrons. The van der Waals surface area contributed by atoms with Crippen LogP contribution in [0.15, 0.2) is 83.2 Å². The van der Waals surface area contributed by atoms with Gasteiger partial charge in [0.2, 0.25) is 0 Å². The van der Waals surface area contributed by atoms with Crippen molar-refractivity contribution in [1.29, 1.82) is 0 Å². The molecule has 0 aliphatic heterocycles. The van der Waals surface area contributed by atoms with Crippen LogP contribution >= 0.6 is 11.3 Å². The lowest BCUT2D eigenvalue weighted by Gasteiger charge is -2.06. The maximum absolute atomic E-state index is 4.81. The second-order valence-corrected chi connectivity index (χ2v) is 6.65. The van der Waals surface area contributed by atoms with Gasteiger partial charge in [-0.2, -0.15) is 5.10 Å². The summed E-state index contributed by atoms with van der Waals surface area (Å²) in [5.74, 6) is 0.850. The molecule has 0 saturated heterocycles. The predicted molar refractivity (Wildman–Crippen MR) is 105 cm³/mol. The van der Waals surface area contributed by atoms with Crippen molar-refractivity contribution >= 4 is 23.4 Å². The van der Waals surface area contributed by atoms with Crippen molar-refractivity contribution in [1.82, 2.24) is 9.78 Å². The molecule has 0 N–H and O–H groups in total. The summed E-state index contributed by atoms with van der Waals surface area (Å²) in [6, 6.07) is 24.5. The minimum absolute atomic E-state index is 0.850. The van der Waals surface area contributed by atoms with Crippen LogP contribution < -0.4 is 0 Å². The van der Waals surface area contributed by atoms with Gasteiger partial charge in [0.25, 0.3) is 0 Å². The number of rotatable bonds is 4. The Morgan fingerprint density at radius 1 is 0.920 bits per heavy atom. The number of aliphatic imine (C=N–C) groups is 1. The molecule has 0 spiro atoms. The Kier molecular flexibility index (Phi) is 4.27. The molecule has 4 heteroatoms. The number of aryl methyl sites for hydroxylation is 1. The number of aromatic nitrogens is 2. The number of hydrogen-bond acceptors (Lipinski definition) is 3. The van der Waals surface area contributed by atoms with Gasteiger partial charge in [0.15, 0.2) is 5.82 Å². The van der Waals surface area contributed by atoms with Gasteiger partial charge in [0, 0.05) is 16.7 Å². The third-order valence-corrected chi connectivity index (χ3v) is 4.76. The van der Waals surface area contributed by atoms with E-state index in [1.165, 1.54) is 0 Å². The van der Waals surface area contributed by atoms with E-state index in [0.717, 1.165) is 33.2 Å². The van der Waals surface area contributed by atoms with Crippen LogP contribution in [0, 0.1) is 6.92 Å². The Bertz CT molecular complexity index is 985. The van der Waals surface area contributed by atoms with Crippen LogP contribution in [-0.2, 0) is 0 Å². The molecule has 2 heterocycles.